The first-order valence-corrected chi connectivity index (χ1v) is 12.8. The molecule has 0 aromatic heterocycles. The van der Waals surface area contributed by atoms with Crippen molar-refractivity contribution in [1.82, 2.24) is 4.31 Å². The summed E-state index contributed by atoms with van der Waals surface area (Å²) in [7, 11) is -4.19. The minimum atomic E-state index is -4.19. The van der Waals surface area contributed by atoms with Gasteiger partial charge >= 0.3 is 10.3 Å². The summed E-state index contributed by atoms with van der Waals surface area (Å²) in [6.07, 6.45) is 6.32. The van der Waals surface area contributed by atoms with Gasteiger partial charge in [-0.25, -0.2) is 0 Å². The predicted molar refractivity (Wildman–Crippen MR) is 111 cm³/mol. The fraction of sp³-hybridized carbons (Fsp3) is 0.739. The molecule has 1 aromatic rings. The first-order valence-electron chi connectivity index (χ1n) is 11.4. The minimum Gasteiger partial charge on any atom is -0.393 e. The summed E-state index contributed by atoms with van der Waals surface area (Å²) < 4.78 is 39.4. The third-order valence-electron chi connectivity index (χ3n) is 9.60. The zero-order valence-electron chi connectivity index (χ0n) is 17.5. The molecule has 6 nitrogen and oxygen atoms in total. The number of ether oxygens (including phenoxy) is 1. The van der Waals surface area contributed by atoms with Crippen molar-refractivity contribution in [1.29, 1.82) is 0 Å². The number of aryl methyl sites for hydroxylation is 1. The van der Waals surface area contributed by atoms with Crippen molar-refractivity contribution in [2.45, 2.75) is 63.6 Å². The molecule has 0 bridgehead atoms. The fourth-order valence-corrected chi connectivity index (χ4v) is 8.69. The molecule has 1 spiro atoms. The van der Waals surface area contributed by atoms with E-state index in [0.717, 1.165) is 35.6 Å². The maximum Gasteiger partial charge on any atom is 0.336 e. The van der Waals surface area contributed by atoms with Gasteiger partial charge in [-0.15, -0.1) is 0 Å². The van der Waals surface area contributed by atoms with E-state index >= 15 is 0 Å². The van der Waals surface area contributed by atoms with E-state index in [1.807, 2.05) is 0 Å². The molecule has 0 amide bonds. The molecule has 7 heteroatoms. The van der Waals surface area contributed by atoms with Crippen LogP contribution >= 0.6 is 0 Å². The van der Waals surface area contributed by atoms with Crippen LogP contribution in [0.2, 0.25) is 0 Å². The van der Waals surface area contributed by atoms with Gasteiger partial charge in [0, 0.05) is 13.1 Å². The number of hydrogen-bond acceptors (Lipinski definition) is 4. The van der Waals surface area contributed by atoms with Crippen molar-refractivity contribution in [3.8, 4) is 0 Å². The zero-order valence-corrected chi connectivity index (χ0v) is 18.3. The largest absolute Gasteiger partial charge is 0.393 e. The molecule has 1 saturated heterocycles. The number of benzene rings is 1. The minimum absolute atomic E-state index is 0.103. The molecule has 30 heavy (non-hydrogen) atoms. The van der Waals surface area contributed by atoms with Crippen LogP contribution in [0, 0.1) is 22.7 Å². The highest BCUT2D eigenvalue weighted by Crippen LogP contribution is 2.81. The Morgan fingerprint density at radius 1 is 1.27 bits per heavy atom. The van der Waals surface area contributed by atoms with Gasteiger partial charge in [-0.2, -0.15) is 12.7 Å². The lowest BCUT2D eigenvalue weighted by atomic mass is 9.52. The molecular formula is C23H31NO5S. The molecule has 2 N–H and O–H groups in total. The maximum atomic E-state index is 11.5. The predicted octanol–water partition coefficient (Wildman–Crippen LogP) is 3.08. The van der Waals surface area contributed by atoms with Gasteiger partial charge in [-0.05, 0) is 83.8 Å². The van der Waals surface area contributed by atoms with Crippen LogP contribution in [0.1, 0.15) is 67.7 Å². The Labute approximate surface area is 178 Å². The van der Waals surface area contributed by atoms with Crippen LogP contribution in [0.4, 0.5) is 0 Å². The van der Waals surface area contributed by atoms with Gasteiger partial charge in [0.15, 0.2) is 0 Å². The molecule has 1 heterocycles. The van der Waals surface area contributed by atoms with Crippen molar-refractivity contribution in [2.75, 3.05) is 19.7 Å². The lowest BCUT2D eigenvalue weighted by Gasteiger charge is -2.52. The van der Waals surface area contributed by atoms with Gasteiger partial charge in [0.2, 0.25) is 0 Å². The van der Waals surface area contributed by atoms with E-state index in [-0.39, 0.29) is 37.3 Å². The monoisotopic (exact) mass is 433 g/mol. The Balaban J connectivity index is 1.28. The molecule has 4 aliphatic carbocycles. The SMILES string of the molecule is C[C@]12CC[C@@H]3c4ccc(C5CN(S(=O)(=O)O)CCO5)cc4CC[C@H]3[C@@]13C[C@H]3C[C@@H]2O. The summed E-state index contributed by atoms with van der Waals surface area (Å²) in [5.41, 5.74) is 4.29. The number of nitrogens with zero attached hydrogens (tertiary/aromatic N) is 1. The molecule has 164 valence electrons. The normalized spacial score (nSPS) is 45.2. The highest BCUT2D eigenvalue weighted by Gasteiger charge is 2.76. The first kappa shape index (κ1) is 19.7. The zero-order chi connectivity index (χ0) is 20.9. The lowest BCUT2D eigenvalue weighted by molar-refractivity contribution is -0.0558. The van der Waals surface area contributed by atoms with Crippen LogP contribution in [0.15, 0.2) is 18.2 Å². The van der Waals surface area contributed by atoms with Crippen LogP contribution in [-0.4, -0.2) is 48.2 Å². The second-order valence-electron chi connectivity index (χ2n) is 10.6. The van der Waals surface area contributed by atoms with E-state index in [2.05, 4.69) is 25.1 Å². The Hall–Kier alpha value is -0.990. The fourth-order valence-electron chi connectivity index (χ4n) is 8.06. The van der Waals surface area contributed by atoms with Crippen LogP contribution in [-0.2, 0) is 21.5 Å². The molecule has 0 radical (unpaired) electrons. The standard InChI is InChI=1S/C23H31NO5S/c1-22-7-6-18-17-4-2-15(20-13-24(8-9-29-20)30(26,27)28)10-14(17)3-5-19(18)23(22)12-16(23)11-21(22)25/h2,4,10,16,18-21,25H,3,5-9,11-13H2,1H3,(H,26,27,28)/t16-,18-,19-,20?,21+,22-,23+/m1/s1. The van der Waals surface area contributed by atoms with Crippen LogP contribution in [0.5, 0.6) is 0 Å². The maximum absolute atomic E-state index is 11.5. The summed E-state index contributed by atoms with van der Waals surface area (Å²) in [5.74, 6) is 1.97. The smallest absolute Gasteiger partial charge is 0.336 e. The van der Waals surface area contributed by atoms with Crippen LogP contribution < -0.4 is 0 Å². The van der Waals surface area contributed by atoms with E-state index < -0.39 is 10.3 Å². The highest BCUT2D eigenvalue weighted by atomic mass is 32.2. The number of aliphatic hydroxyl groups excluding tert-OH is 1. The van der Waals surface area contributed by atoms with Crippen LogP contribution in [0.25, 0.3) is 0 Å². The molecular weight excluding hydrogens is 402 g/mol. The Morgan fingerprint density at radius 2 is 2.10 bits per heavy atom. The van der Waals surface area contributed by atoms with Crippen molar-refractivity contribution >= 4 is 10.3 Å². The third kappa shape index (κ3) is 2.53. The Morgan fingerprint density at radius 3 is 2.90 bits per heavy atom. The summed E-state index contributed by atoms with van der Waals surface area (Å²) in [4.78, 5) is 0. The second kappa shape index (κ2) is 6.29. The quantitative estimate of drug-likeness (QED) is 0.700. The highest BCUT2D eigenvalue weighted by molar-refractivity contribution is 7.83. The first-order chi connectivity index (χ1) is 14.2. The molecule has 1 unspecified atom stereocenters. The molecule has 1 aromatic carbocycles. The number of morpholine rings is 1. The molecule has 1 aliphatic heterocycles. The van der Waals surface area contributed by atoms with Crippen molar-refractivity contribution < 1.29 is 22.8 Å². The van der Waals surface area contributed by atoms with Gasteiger partial charge in [0.1, 0.15) is 0 Å². The van der Waals surface area contributed by atoms with Gasteiger partial charge in [-0.1, -0.05) is 25.1 Å². The van der Waals surface area contributed by atoms with E-state index in [9.17, 15) is 18.1 Å². The third-order valence-corrected chi connectivity index (χ3v) is 10.6. The molecule has 3 saturated carbocycles. The van der Waals surface area contributed by atoms with E-state index in [0.29, 0.717) is 23.2 Å². The van der Waals surface area contributed by atoms with Crippen molar-refractivity contribution in [2.24, 2.45) is 22.7 Å². The number of hydrogen-bond donors (Lipinski definition) is 2. The summed E-state index contributed by atoms with van der Waals surface area (Å²) >= 11 is 0. The van der Waals surface area contributed by atoms with Gasteiger partial charge in [0.05, 0.1) is 18.8 Å². The van der Waals surface area contributed by atoms with E-state index in [1.165, 1.54) is 24.0 Å². The molecule has 4 fully saturated rings. The van der Waals surface area contributed by atoms with E-state index in [1.54, 1.807) is 0 Å². The summed E-state index contributed by atoms with van der Waals surface area (Å²) in [6.45, 7) is 2.99. The molecule has 7 atom stereocenters. The number of fused-ring (bicyclic) bond motifs is 3. The van der Waals surface area contributed by atoms with E-state index in [4.69, 9.17) is 4.74 Å². The Kier molecular flexibility index (Phi) is 4.12. The number of aliphatic hydroxyl groups is 1. The molecule has 5 aliphatic rings. The van der Waals surface area contributed by atoms with Crippen LogP contribution in [0.3, 0.4) is 0 Å². The lowest BCUT2D eigenvalue weighted by Crippen LogP contribution is -2.47. The second-order valence-corrected chi connectivity index (χ2v) is 12.0. The average Bonchev–Trinajstić information content (AvgIpc) is 3.39. The van der Waals surface area contributed by atoms with Crippen molar-refractivity contribution in [3.63, 3.8) is 0 Å². The van der Waals surface area contributed by atoms with Gasteiger partial charge in [-0.3, -0.25) is 4.55 Å². The van der Waals surface area contributed by atoms with Gasteiger partial charge in [0.25, 0.3) is 0 Å². The molecule has 6 rings (SSSR count). The average molecular weight is 434 g/mol. The number of rotatable bonds is 2. The Bertz CT molecular complexity index is 995. The van der Waals surface area contributed by atoms with Gasteiger partial charge < -0.3 is 9.84 Å². The summed E-state index contributed by atoms with van der Waals surface area (Å²) in [5, 5.41) is 10.7. The van der Waals surface area contributed by atoms with Crippen molar-refractivity contribution in [3.05, 3.63) is 34.9 Å². The topological polar surface area (TPSA) is 87.1 Å². The summed E-state index contributed by atoms with van der Waals surface area (Å²) in [6, 6.07) is 6.56.